The average Bonchev–Trinajstić information content (AvgIpc) is 2.46. The minimum atomic E-state index is -0.282. The Balaban J connectivity index is 1.86. The largest absolute Gasteiger partial charge is 0.342 e. The van der Waals surface area contributed by atoms with Crippen molar-refractivity contribution in [2.24, 2.45) is 5.92 Å². The lowest BCUT2D eigenvalue weighted by atomic mass is 9.89. The number of benzene rings is 1. The van der Waals surface area contributed by atoms with E-state index >= 15 is 0 Å². The van der Waals surface area contributed by atoms with Crippen LogP contribution < -0.4 is 0 Å². The van der Waals surface area contributed by atoms with E-state index in [1.165, 1.54) is 50.3 Å². The van der Waals surface area contributed by atoms with Crippen LogP contribution in [0, 0.1) is 11.7 Å². The number of rotatable bonds is 4. The maximum absolute atomic E-state index is 13.0. The molecular weight excluding hydrogens is 253 g/mol. The summed E-state index contributed by atoms with van der Waals surface area (Å²) in [5.41, 5.74) is 0.712. The maximum atomic E-state index is 13.0. The van der Waals surface area contributed by atoms with Crippen LogP contribution in [0.5, 0.6) is 0 Å². The molecule has 3 heteroatoms. The van der Waals surface area contributed by atoms with Crippen LogP contribution in [0.15, 0.2) is 30.3 Å². The Kier molecular flexibility index (Phi) is 5.33. The van der Waals surface area contributed by atoms with Gasteiger partial charge in [0.2, 0.25) is 5.91 Å². The van der Waals surface area contributed by atoms with Crippen molar-refractivity contribution in [3.63, 3.8) is 0 Å². The van der Waals surface area contributed by atoms with Gasteiger partial charge in [0.1, 0.15) is 5.82 Å². The molecule has 1 aliphatic carbocycles. The predicted molar refractivity (Wildman–Crippen MR) is 79.6 cm³/mol. The van der Waals surface area contributed by atoms with Crippen molar-refractivity contribution in [3.05, 3.63) is 41.7 Å². The van der Waals surface area contributed by atoms with Crippen molar-refractivity contribution < 1.29 is 9.18 Å². The summed E-state index contributed by atoms with van der Waals surface area (Å²) in [5, 5.41) is 0. The van der Waals surface area contributed by atoms with E-state index in [1.54, 1.807) is 23.1 Å². The fraction of sp³-hybridized carbons (Fsp3) is 0.471. The highest BCUT2D eigenvalue weighted by atomic mass is 19.1. The molecule has 2 rings (SSSR count). The summed E-state index contributed by atoms with van der Waals surface area (Å²) < 4.78 is 13.0. The third-order valence-electron chi connectivity index (χ3n) is 3.90. The number of nitrogens with zero attached hydrogens (tertiary/aromatic N) is 1. The first-order valence-electron chi connectivity index (χ1n) is 7.34. The molecule has 2 nitrogen and oxygen atoms in total. The van der Waals surface area contributed by atoms with Gasteiger partial charge >= 0.3 is 0 Å². The van der Waals surface area contributed by atoms with E-state index in [2.05, 4.69) is 0 Å². The van der Waals surface area contributed by atoms with Gasteiger partial charge in [-0.1, -0.05) is 31.4 Å². The highest BCUT2D eigenvalue weighted by molar-refractivity contribution is 5.91. The van der Waals surface area contributed by atoms with E-state index in [9.17, 15) is 9.18 Å². The molecule has 0 radical (unpaired) electrons. The van der Waals surface area contributed by atoms with Crippen LogP contribution in [0.2, 0.25) is 0 Å². The van der Waals surface area contributed by atoms with Crippen molar-refractivity contribution in [1.29, 1.82) is 0 Å². The molecule has 0 N–H and O–H groups in total. The Bertz CT molecular complexity index is 478. The molecule has 0 heterocycles. The van der Waals surface area contributed by atoms with Crippen molar-refractivity contribution in [3.8, 4) is 0 Å². The van der Waals surface area contributed by atoms with Crippen molar-refractivity contribution in [2.45, 2.75) is 32.1 Å². The molecule has 0 spiro atoms. The lowest BCUT2D eigenvalue weighted by molar-refractivity contribution is -0.125. The number of hydrogen-bond acceptors (Lipinski definition) is 1. The van der Waals surface area contributed by atoms with Crippen LogP contribution in [0.3, 0.4) is 0 Å². The third kappa shape index (κ3) is 4.48. The van der Waals surface area contributed by atoms with Gasteiger partial charge < -0.3 is 4.90 Å². The van der Waals surface area contributed by atoms with Gasteiger partial charge in [0.05, 0.1) is 0 Å². The molecule has 0 bridgehead atoms. The minimum Gasteiger partial charge on any atom is -0.342 e. The summed E-state index contributed by atoms with van der Waals surface area (Å²) >= 11 is 0. The van der Waals surface area contributed by atoms with Crippen LogP contribution >= 0.6 is 0 Å². The topological polar surface area (TPSA) is 20.3 Å². The van der Waals surface area contributed by atoms with Gasteiger partial charge in [-0.25, -0.2) is 4.39 Å². The first-order valence-corrected chi connectivity index (χ1v) is 7.34. The molecule has 20 heavy (non-hydrogen) atoms. The molecule has 1 aliphatic rings. The summed E-state index contributed by atoms with van der Waals surface area (Å²) in [5.74, 6) is 0.343. The Morgan fingerprint density at radius 1 is 1.35 bits per heavy atom. The van der Waals surface area contributed by atoms with E-state index in [0.29, 0.717) is 11.5 Å². The van der Waals surface area contributed by atoms with Crippen LogP contribution in [0.4, 0.5) is 4.39 Å². The van der Waals surface area contributed by atoms with Crippen LogP contribution in [-0.4, -0.2) is 24.4 Å². The van der Waals surface area contributed by atoms with Crippen molar-refractivity contribution in [2.75, 3.05) is 13.6 Å². The molecule has 108 valence electrons. The molecule has 0 unspecified atom stereocenters. The normalized spacial score (nSPS) is 16.5. The number of hydrogen-bond donors (Lipinski definition) is 0. The number of halogens is 1. The zero-order valence-corrected chi connectivity index (χ0v) is 12.0. The molecular formula is C17H22FNO. The van der Waals surface area contributed by atoms with E-state index in [4.69, 9.17) is 0 Å². The predicted octanol–water partition coefficient (Wildman–Crippen LogP) is 3.88. The number of amides is 1. The maximum Gasteiger partial charge on any atom is 0.246 e. The highest BCUT2D eigenvalue weighted by Crippen LogP contribution is 2.24. The molecule has 0 aromatic heterocycles. The smallest absolute Gasteiger partial charge is 0.246 e. The quantitative estimate of drug-likeness (QED) is 0.764. The zero-order chi connectivity index (χ0) is 14.4. The first-order chi connectivity index (χ1) is 9.65. The summed E-state index contributed by atoms with van der Waals surface area (Å²) in [4.78, 5) is 13.8. The summed E-state index contributed by atoms with van der Waals surface area (Å²) in [6.07, 6.45) is 9.54. The Labute approximate surface area is 120 Å². The molecule has 1 aromatic rings. The van der Waals surface area contributed by atoms with Gasteiger partial charge in [-0.3, -0.25) is 4.79 Å². The molecule has 0 aliphatic heterocycles. The summed E-state index contributed by atoms with van der Waals surface area (Å²) in [6, 6.07) is 6.25. The summed E-state index contributed by atoms with van der Waals surface area (Å²) in [7, 11) is 1.84. The Hall–Kier alpha value is -1.64. The van der Waals surface area contributed by atoms with Gasteiger partial charge in [0, 0.05) is 19.7 Å². The first kappa shape index (κ1) is 14.8. The second-order valence-electron chi connectivity index (χ2n) is 5.61. The van der Waals surface area contributed by atoms with Gasteiger partial charge in [0.15, 0.2) is 0 Å². The van der Waals surface area contributed by atoms with E-state index in [-0.39, 0.29) is 11.7 Å². The summed E-state index contributed by atoms with van der Waals surface area (Å²) in [6.45, 7) is 0.826. The van der Waals surface area contributed by atoms with Gasteiger partial charge in [-0.05, 0) is 42.5 Å². The lowest BCUT2D eigenvalue weighted by Crippen LogP contribution is -2.31. The molecule has 1 amide bonds. The fourth-order valence-corrected chi connectivity index (χ4v) is 2.75. The van der Waals surface area contributed by atoms with Gasteiger partial charge in [-0.2, -0.15) is 0 Å². The van der Waals surface area contributed by atoms with Crippen LogP contribution in [-0.2, 0) is 4.79 Å². The van der Waals surface area contributed by atoms with Crippen LogP contribution in [0.25, 0.3) is 6.08 Å². The molecule has 1 saturated carbocycles. The number of likely N-dealkylation sites (N-methyl/N-ethyl adjacent to an activating group) is 1. The van der Waals surface area contributed by atoms with Crippen LogP contribution in [0.1, 0.15) is 37.7 Å². The van der Waals surface area contributed by atoms with Gasteiger partial charge in [0.25, 0.3) is 0 Å². The van der Waals surface area contributed by atoms with E-state index in [0.717, 1.165) is 6.54 Å². The highest BCUT2D eigenvalue weighted by Gasteiger charge is 2.16. The number of carbonyl (C=O) groups excluding carboxylic acids is 1. The second kappa shape index (κ2) is 7.22. The fourth-order valence-electron chi connectivity index (χ4n) is 2.75. The standard InChI is InChI=1S/C17H22FNO/c1-19(13-15-6-3-2-4-7-15)17(20)11-10-14-8-5-9-16(18)12-14/h5,8-12,15H,2-4,6-7,13H2,1H3/b11-10+. The number of carbonyl (C=O) groups is 1. The monoisotopic (exact) mass is 275 g/mol. The molecule has 0 atom stereocenters. The molecule has 0 saturated heterocycles. The zero-order valence-electron chi connectivity index (χ0n) is 12.0. The lowest BCUT2D eigenvalue weighted by Gasteiger charge is -2.26. The second-order valence-corrected chi connectivity index (χ2v) is 5.61. The van der Waals surface area contributed by atoms with E-state index < -0.39 is 0 Å². The molecule has 1 aromatic carbocycles. The van der Waals surface area contributed by atoms with Crippen molar-refractivity contribution >= 4 is 12.0 Å². The Morgan fingerprint density at radius 3 is 2.80 bits per heavy atom. The third-order valence-corrected chi connectivity index (χ3v) is 3.90. The Morgan fingerprint density at radius 2 is 2.10 bits per heavy atom. The van der Waals surface area contributed by atoms with E-state index in [1.807, 2.05) is 7.05 Å². The average molecular weight is 275 g/mol. The SMILES string of the molecule is CN(CC1CCCCC1)C(=O)/C=C/c1cccc(F)c1. The van der Waals surface area contributed by atoms with Crippen molar-refractivity contribution in [1.82, 2.24) is 4.90 Å². The van der Waals surface area contributed by atoms with Gasteiger partial charge in [-0.15, -0.1) is 0 Å². The molecule has 1 fully saturated rings. The minimum absolute atomic E-state index is 0.0140.